The second-order valence-corrected chi connectivity index (χ2v) is 4.97. The zero-order chi connectivity index (χ0) is 13.5. The van der Waals surface area contributed by atoms with Crippen molar-refractivity contribution >= 4 is 23.3 Å². The van der Waals surface area contributed by atoms with Crippen molar-refractivity contribution in [2.24, 2.45) is 0 Å². The normalized spacial score (nSPS) is 12.2. The zero-order valence-corrected chi connectivity index (χ0v) is 11.2. The van der Waals surface area contributed by atoms with Crippen LogP contribution in [0.4, 0.5) is 4.79 Å². The highest BCUT2D eigenvalue weighted by Crippen LogP contribution is 2.18. The largest absolute Gasteiger partial charge is 0.479 e. The Hall–Kier alpha value is -1.60. The van der Waals surface area contributed by atoms with Gasteiger partial charge in [-0.25, -0.2) is 9.59 Å². The predicted molar refractivity (Wildman–Crippen MR) is 69.8 cm³/mol. The third-order valence-corrected chi connectivity index (χ3v) is 3.13. The lowest BCUT2D eigenvalue weighted by atomic mass is 10.2. The molecule has 0 radical (unpaired) electrons. The number of nitrogens with one attached hydrogen (secondary N) is 2. The molecule has 1 unspecified atom stereocenters. The molecule has 0 fully saturated rings. The highest BCUT2D eigenvalue weighted by atomic mass is 32.1. The van der Waals surface area contributed by atoms with E-state index in [-0.39, 0.29) is 0 Å². The number of amides is 2. The van der Waals surface area contributed by atoms with Gasteiger partial charge in [0.25, 0.3) is 0 Å². The lowest BCUT2D eigenvalue weighted by Crippen LogP contribution is -2.42. The molecule has 0 saturated carbocycles. The minimum Gasteiger partial charge on any atom is -0.479 e. The molecule has 0 aromatic carbocycles. The second-order valence-electron chi connectivity index (χ2n) is 3.99. The molecule has 0 aliphatic carbocycles. The molecule has 0 bridgehead atoms. The molecule has 2 amide bonds. The number of thiophene rings is 1. The molecule has 6 nitrogen and oxygen atoms in total. The summed E-state index contributed by atoms with van der Waals surface area (Å²) in [6.07, 6.45) is 0. The quantitative estimate of drug-likeness (QED) is 0.712. The zero-order valence-electron chi connectivity index (χ0n) is 10.3. The van der Waals surface area contributed by atoms with E-state index in [1.54, 1.807) is 17.5 Å². The van der Waals surface area contributed by atoms with Gasteiger partial charge in [-0.1, -0.05) is 6.07 Å². The molecule has 1 aromatic rings. The number of rotatable bonds is 6. The van der Waals surface area contributed by atoms with E-state index >= 15 is 0 Å². The molecule has 1 heterocycles. The minimum absolute atomic E-state index is 0.468. The summed E-state index contributed by atoms with van der Waals surface area (Å²) in [6.45, 7) is 1.17. The topological polar surface area (TPSA) is 81.7 Å². The minimum atomic E-state index is -1.07. The summed E-state index contributed by atoms with van der Waals surface area (Å²) >= 11 is 1.30. The average Bonchev–Trinajstić information content (AvgIpc) is 2.78. The summed E-state index contributed by atoms with van der Waals surface area (Å²) in [5, 5.41) is 15.9. The van der Waals surface area contributed by atoms with Gasteiger partial charge in [0.15, 0.2) is 6.04 Å². The Balaban J connectivity index is 2.47. The summed E-state index contributed by atoms with van der Waals surface area (Å²) in [4.78, 5) is 25.1. The Morgan fingerprint density at radius 3 is 2.72 bits per heavy atom. The Morgan fingerprint density at radius 2 is 2.22 bits per heavy atom. The highest BCUT2D eigenvalue weighted by Gasteiger charge is 2.22. The lowest BCUT2D eigenvalue weighted by Gasteiger charge is -2.15. The Kier molecular flexibility index (Phi) is 5.60. The first-order valence-electron chi connectivity index (χ1n) is 5.46. The van der Waals surface area contributed by atoms with E-state index in [4.69, 9.17) is 5.11 Å². The number of urea groups is 1. The van der Waals surface area contributed by atoms with Crippen LogP contribution in [0.3, 0.4) is 0 Å². The van der Waals surface area contributed by atoms with E-state index < -0.39 is 18.0 Å². The van der Waals surface area contributed by atoms with Gasteiger partial charge < -0.3 is 20.6 Å². The fraction of sp³-hybridized carbons (Fsp3) is 0.455. The van der Waals surface area contributed by atoms with Crippen molar-refractivity contribution in [1.82, 2.24) is 15.5 Å². The first-order valence-corrected chi connectivity index (χ1v) is 6.34. The van der Waals surface area contributed by atoms with Crippen LogP contribution in [0.25, 0.3) is 0 Å². The molecule has 0 spiro atoms. The molecule has 1 aromatic heterocycles. The standard InChI is InChI=1S/C11H17N3O3S/c1-14(2)6-5-12-11(17)13-9(10(15)16)8-4-3-7-18-8/h3-4,7,9H,5-6H2,1-2H3,(H,15,16)(H2,12,13,17). The van der Waals surface area contributed by atoms with E-state index in [9.17, 15) is 9.59 Å². The molecule has 0 aliphatic heterocycles. The fourth-order valence-corrected chi connectivity index (χ4v) is 2.05. The summed E-state index contributed by atoms with van der Waals surface area (Å²) in [5.41, 5.74) is 0. The summed E-state index contributed by atoms with van der Waals surface area (Å²) < 4.78 is 0. The van der Waals surface area contributed by atoms with Crippen molar-refractivity contribution in [2.45, 2.75) is 6.04 Å². The molecule has 3 N–H and O–H groups in total. The average molecular weight is 271 g/mol. The smallest absolute Gasteiger partial charge is 0.331 e. The van der Waals surface area contributed by atoms with Crippen LogP contribution in [0.2, 0.25) is 0 Å². The van der Waals surface area contributed by atoms with Gasteiger partial charge >= 0.3 is 12.0 Å². The van der Waals surface area contributed by atoms with Gasteiger partial charge in [-0.15, -0.1) is 11.3 Å². The van der Waals surface area contributed by atoms with Gasteiger partial charge in [0, 0.05) is 18.0 Å². The number of likely N-dealkylation sites (N-methyl/N-ethyl adjacent to an activating group) is 1. The van der Waals surface area contributed by atoms with Crippen LogP contribution >= 0.6 is 11.3 Å². The SMILES string of the molecule is CN(C)CCNC(=O)NC(C(=O)O)c1cccs1. The van der Waals surface area contributed by atoms with Crippen LogP contribution in [0.15, 0.2) is 17.5 Å². The first kappa shape index (κ1) is 14.5. The Labute approximate surface area is 110 Å². The number of nitrogens with zero attached hydrogens (tertiary/aromatic N) is 1. The molecular weight excluding hydrogens is 254 g/mol. The van der Waals surface area contributed by atoms with Crippen molar-refractivity contribution in [3.05, 3.63) is 22.4 Å². The van der Waals surface area contributed by atoms with E-state index in [1.165, 1.54) is 11.3 Å². The molecule has 1 rings (SSSR count). The second kappa shape index (κ2) is 6.97. The first-order chi connectivity index (χ1) is 8.50. The number of carboxylic acid groups (broad SMARTS) is 1. The van der Waals surface area contributed by atoms with Crippen LogP contribution in [0.1, 0.15) is 10.9 Å². The monoisotopic (exact) mass is 271 g/mol. The maximum atomic E-state index is 11.5. The van der Waals surface area contributed by atoms with Gasteiger partial charge in [0.2, 0.25) is 0 Å². The highest BCUT2D eigenvalue weighted by molar-refractivity contribution is 7.10. The molecule has 1 atom stereocenters. The van der Waals surface area contributed by atoms with E-state index in [0.29, 0.717) is 18.0 Å². The Morgan fingerprint density at radius 1 is 1.50 bits per heavy atom. The number of aliphatic carboxylic acids is 1. The molecule has 100 valence electrons. The number of carbonyl (C=O) groups excluding carboxylic acids is 1. The van der Waals surface area contributed by atoms with Crippen molar-refractivity contribution in [3.63, 3.8) is 0 Å². The van der Waals surface area contributed by atoms with Crippen LogP contribution in [0.5, 0.6) is 0 Å². The van der Waals surface area contributed by atoms with Crippen molar-refractivity contribution in [2.75, 3.05) is 27.2 Å². The van der Waals surface area contributed by atoms with Crippen LogP contribution < -0.4 is 10.6 Å². The molecular formula is C11H17N3O3S. The number of hydrogen-bond acceptors (Lipinski definition) is 4. The summed E-state index contributed by atoms with van der Waals surface area (Å²) in [5.74, 6) is -1.07. The Bertz CT molecular complexity index is 392. The maximum Gasteiger partial charge on any atom is 0.331 e. The molecule has 18 heavy (non-hydrogen) atoms. The van der Waals surface area contributed by atoms with Crippen LogP contribution in [0, 0.1) is 0 Å². The number of hydrogen-bond donors (Lipinski definition) is 3. The van der Waals surface area contributed by atoms with E-state index in [0.717, 1.165) is 0 Å². The number of carbonyl (C=O) groups is 2. The maximum absolute atomic E-state index is 11.5. The van der Waals surface area contributed by atoms with Crippen molar-refractivity contribution < 1.29 is 14.7 Å². The lowest BCUT2D eigenvalue weighted by molar-refractivity contribution is -0.139. The van der Waals surface area contributed by atoms with Gasteiger partial charge in [-0.05, 0) is 25.5 Å². The fourth-order valence-electron chi connectivity index (χ4n) is 1.29. The molecule has 0 saturated heterocycles. The van der Waals surface area contributed by atoms with E-state index in [2.05, 4.69) is 10.6 Å². The molecule has 0 aliphatic rings. The van der Waals surface area contributed by atoms with E-state index in [1.807, 2.05) is 19.0 Å². The molecule has 7 heteroatoms. The summed E-state index contributed by atoms with van der Waals surface area (Å²) in [6, 6.07) is 1.97. The number of carboxylic acids is 1. The predicted octanol–water partition coefficient (Wildman–Crippen LogP) is 0.735. The van der Waals surface area contributed by atoms with Gasteiger partial charge in [0.05, 0.1) is 0 Å². The third-order valence-electron chi connectivity index (χ3n) is 2.19. The van der Waals surface area contributed by atoms with Gasteiger partial charge in [-0.3, -0.25) is 0 Å². The van der Waals surface area contributed by atoms with Crippen LogP contribution in [-0.4, -0.2) is 49.2 Å². The third kappa shape index (κ3) is 4.72. The van der Waals surface area contributed by atoms with Gasteiger partial charge in [0.1, 0.15) is 0 Å². The van der Waals surface area contributed by atoms with Crippen molar-refractivity contribution in [1.29, 1.82) is 0 Å². The van der Waals surface area contributed by atoms with Gasteiger partial charge in [-0.2, -0.15) is 0 Å². The summed E-state index contributed by atoms with van der Waals surface area (Å²) in [7, 11) is 3.79. The van der Waals surface area contributed by atoms with Crippen molar-refractivity contribution in [3.8, 4) is 0 Å². The van der Waals surface area contributed by atoms with Crippen LogP contribution in [-0.2, 0) is 4.79 Å².